The van der Waals surface area contributed by atoms with E-state index in [0.29, 0.717) is 42.0 Å². The number of anilines is 2. The molecule has 0 aliphatic carbocycles. The first-order chi connectivity index (χ1) is 19.7. The zero-order valence-electron chi connectivity index (χ0n) is 23.2. The van der Waals surface area contributed by atoms with Crippen LogP contribution in [0, 0.1) is 12.7 Å². The molecule has 0 radical (unpaired) electrons. The number of rotatable bonds is 5. The van der Waals surface area contributed by atoms with E-state index in [4.69, 9.17) is 9.15 Å². The molecule has 212 valence electrons. The van der Waals surface area contributed by atoms with Crippen LogP contribution in [-0.2, 0) is 13.5 Å². The van der Waals surface area contributed by atoms with Gasteiger partial charge in [0.25, 0.3) is 0 Å². The highest BCUT2D eigenvalue weighted by Crippen LogP contribution is 2.30. The number of aromatic nitrogens is 1. The normalized spacial score (nSPS) is 16.0. The van der Waals surface area contributed by atoms with Crippen molar-refractivity contribution in [3.05, 3.63) is 87.2 Å². The van der Waals surface area contributed by atoms with Gasteiger partial charge in [-0.1, -0.05) is 0 Å². The van der Waals surface area contributed by atoms with Crippen molar-refractivity contribution in [1.82, 2.24) is 9.47 Å². The molecule has 1 aromatic heterocycles. The number of hydrogen-bond acceptors (Lipinski definition) is 6. The number of amides is 2. The maximum atomic E-state index is 14.8. The molecule has 9 nitrogen and oxygen atoms in total. The van der Waals surface area contributed by atoms with Crippen LogP contribution in [0.1, 0.15) is 39.9 Å². The second-order valence-electron chi connectivity index (χ2n) is 10.7. The maximum absolute atomic E-state index is 14.8. The predicted molar refractivity (Wildman–Crippen MR) is 154 cm³/mol. The van der Waals surface area contributed by atoms with Gasteiger partial charge < -0.3 is 24.3 Å². The van der Waals surface area contributed by atoms with Gasteiger partial charge in [0.2, 0.25) is 0 Å². The number of fused-ring (bicyclic) bond motifs is 2. The van der Waals surface area contributed by atoms with Gasteiger partial charge in [-0.3, -0.25) is 9.36 Å². The topological polar surface area (TPSA) is 97.0 Å². The molecule has 0 atom stereocenters. The average Bonchev–Trinajstić information content (AvgIpc) is 3.15. The van der Waals surface area contributed by atoms with Crippen LogP contribution in [0.4, 0.5) is 20.6 Å². The molecule has 4 aromatic rings. The number of oxazole rings is 1. The van der Waals surface area contributed by atoms with Crippen LogP contribution in [0.25, 0.3) is 11.1 Å². The summed E-state index contributed by atoms with van der Waals surface area (Å²) in [6.07, 6.45) is 2.16. The van der Waals surface area contributed by atoms with Gasteiger partial charge >= 0.3 is 11.8 Å². The molecule has 41 heavy (non-hydrogen) atoms. The van der Waals surface area contributed by atoms with E-state index < -0.39 is 11.6 Å². The Morgan fingerprint density at radius 1 is 1.02 bits per heavy atom. The summed E-state index contributed by atoms with van der Waals surface area (Å²) in [5, 5.41) is 3.03. The number of methoxy groups -OCH3 is 1. The number of nitrogens with one attached hydrogen (secondary N) is 1. The molecule has 1 saturated heterocycles. The van der Waals surface area contributed by atoms with E-state index >= 15 is 0 Å². The van der Waals surface area contributed by atoms with Crippen LogP contribution in [0.2, 0.25) is 0 Å². The summed E-state index contributed by atoms with van der Waals surface area (Å²) < 4.78 is 26.8. The van der Waals surface area contributed by atoms with Crippen molar-refractivity contribution in [2.45, 2.75) is 32.2 Å². The fraction of sp³-hybridized carbons (Fsp3) is 0.323. The molecule has 2 aliphatic rings. The first-order valence-electron chi connectivity index (χ1n) is 13.7. The zero-order chi connectivity index (χ0) is 28.8. The highest BCUT2D eigenvalue weighted by molar-refractivity contribution is 6.11. The Hall–Kier alpha value is -4.60. The minimum Gasteiger partial charge on any atom is -0.497 e. The van der Waals surface area contributed by atoms with Crippen molar-refractivity contribution >= 4 is 34.3 Å². The van der Waals surface area contributed by atoms with Crippen molar-refractivity contribution in [2.75, 3.05) is 37.0 Å². The molecule has 1 N–H and O–H groups in total. The van der Waals surface area contributed by atoms with E-state index in [-0.39, 0.29) is 23.4 Å². The summed E-state index contributed by atoms with van der Waals surface area (Å²) in [6.45, 7) is 3.63. The monoisotopic (exact) mass is 558 g/mol. The van der Waals surface area contributed by atoms with Gasteiger partial charge in [-0.05, 0) is 85.8 Å². The Balaban J connectivity index is 1.17. The largest absolute Gasteiger partial charge is 0.497 e. The third kappa shape index (κ3) is 4.94. The van der Waals surface area contributed by atoms with Gasteiger partial charge in [-0.2, -0.15) is 0 Å². The van der Waals surface area contributed by atoms with Crippen molar-refractivity contribution in [1.29, 1.82) is 0 Å². The number of halogens is 1. The number of ketones is 1. The van der Waals surface area contributed by atoms with Crippen molar-refractivity contribution in [3.63, 3.8) is 0 Å². The molecule has 0 bridgehead atoms. The fourth-order valence-corrected chi connectivity index (χ4v) is 6.03. The molecule has 1 fully saturated rings. The number of carbonyl (C=O) groups is 2. The maximum Gasteiger partial charge on any atom is 0.419 e. The number of nitrogens with zero attached hydrogens (tertiary/aromatic N) is 3. The molecule has 2 aliphatic heterocycles. The number of ether oxygens (including phenoxy) is 1. The van der Waals surface area contributed by atoms with Crippen molar-refractivity contribution < 1.29 is 23.1 Å². The third-order valence-electron chi connectivity index (χ3n) is 8.19. The van der Waals surface area contributed by atoms with Gasteiger partial charge in [0, 0.05) is 55.2 Å². The van der Waals surface area contributed by atoms with Crippen molar-refractivity contribution in [3.8, 4) is 5.75 Å². The molecule has 2 amide bonds. The quantitative estimate of drug-likeness (QED) is 0.351. The predicted octanol–water partition coefficient (Wildman–Crippen LogP) is 4.88. The van der Waals surface area contributed by atoms with Crippen LogP contribution >= 0.6 is 0 Å². The van der Waals surface area contributed by atoms with E-state index in [2.05, 4.69) is 10.2 Å². The molecule has 10 heteroatoms. The molecule has 0 spiro atoms. The van der Waals surface area contributed by atoms with Gasteiger partial charge in [0.1, 0.15) is 11.6 Å². The van der Waals surface area contributed by atoms with Crippen LogP contribution < -0.4 is 20.7 Å². The van der Waals surface area contributed by atoms with Crippen molar-refractivity contribution in [2.24, 2.45) is 7.05 Å². The summed E-state index contributed by atoms with van der Waals surface area (Å²) in [5.41, 5.74) is 4.67. The number of benzene rings is 3. The Kier molecular flexibility index (Phi) is 6.76. The summed E-state index contributed by atoms with van der Waals surface area (Å²) in [6, 6.07) is 13.2. The molecule has 3 heterocycles. The number of piperidine rings is 1. The van der Waals surface area contributed by atoms with Crippen LogP contribution in [0.15, 0.2) is 57.7 Å². The second-order valence-corrected chi connectivity index (χ2v) is 10.7. The highest BCUT2D eigenvalue weighted by atomic mass is 19.1. The van der Waals surface area contributed by atoms with Gasteiger partial charge in [0.05, 0.1) is 12.6 Å². The van der Waals surface area contributed by atoms with E-state index in [1.807, 2.05) is 23.1 Å². The van der Waals surface area contributed by atoms with Crippen LogP contribution in [0.5, 0.6) is 5.75 Å². The summed E-state index contributed by atoms with van der Waals surface area (Å²) in [7, 11) is 3.24. The lowest BCUT2D eigenvalue weighted by molar-refractivity contribution is 0.103. The summed E-state index contributed by atoms with van der Waals surface area (Å²) in [4.78, 5) is 42.4. The third-order valence-corrected chi connectivity index (χ3v) is 8.19. The lowest BCUT2D eigenvalue weighted by Crippen LogP contribution is -2.49. The number of hydrogen-bond donors (Lipinski definition) is 1. The minimum atomic E-state index is -0.508. The van der Waals surface area contributed by atoms with Gasteiger partial charge in [0.15, 0.2) is 11.4 Å². The molecule has 0 unspecified atom stereocenters. The molecule has 6 rings (SSSR count). The second kappa shape index (κ2) is 10.4. The molecule has 0 saturated carbocycles. The SMILES string of the molecule is COc1ccc2c(c1)CCN(C1CCN(c3cc(F)cc(C(=O)c4cc(C)c5c(c4)oc(=O)n5C)c3)CC1)C(=O)N2. The molecule has 3 aromatic carbocycles. The number of urea groups is 1. The molecular formula is C31H31FN4O5. The Bertz CT molecular complexity index is 1730. The first-order valence-corrected chi connectivity index (χ1v) is 13.7. The number of aryl methyl sites for hydroxylation is 2. The van der Waals surface area contributed by atoms with E-state index in [9.17, 15) is 18.8 Å². The zero-order valence-corrected chi connectivity index (χ0v) is 23.2. The van der Waals surface area contributed by atoms with Gasteiger partial charge in [-0.25, -0.2) is 14.0 Å². The Morgan fingerprint density at radius 3 is 2.54 bits per heavy atom. The highest BCUT2D eigenvalue weighted by Gasteiger charge is 2.30. The lowest BCUT2D eigenvalue weighted by Gasteiger charge is -2.39. The van der Waals surface area contributed by atoms with E-state index in [1.54, 1.807) is 33.2 Å². The van der Waals surface area contributed by atoms with Gasteiger partial charge in [-0.15, -0.1) is 0 Å². The Labute approximate surface area is 236 Å². The van der Waals surface area contributed by atoms with Crippen LogP contribution in [0.3, 0.4) is 0 Å². The first kappa shape index (κ1) is 26.6. The average molecular weight is 559 g/mol. The van der Waals surface area contributed by atoms with Crippen LogP contribution in [-0.4, -0.2) is 54.1 Å². The summed E-state index contributed by atoms with van der Waals surface area (Å²) >= 11 is 0. The molecular weight excluding hydrogens is 527 g/mol. The fourth-order valence-electron chi connectivity index (χ4n) is 6.03. The smallest absolute Gasteiger partial charge is 0.419 e. The summed E-state index contributed by atoms with van der Waals surface area (Å²) in [5.74, 6) is -0.603. The Morgan fingerprint density at radius 2 is 1.78 bits per heavy atom. The standard InChI is InChI=1S/C31H31FN4O5/c1-18-12-20(16-27-28(18)34(2)31(39)41-27)29(37)21-13-22(32)17-24(14-21)35-9-7-23(8-10-35)36-11-6-19-15-25(40-3)4-5-26(19)33-30(36)38/h4-5,12-17,23H,6-11H2,1-3H3,(H,33,38). The van der Waals surface area contributed by atoms with E-state index in [0.717, 1.165) is 41.8 Å². The number of carbonyl (C=O) groups excluding carboxylic acids is 2. The lowest BCUT2D eigenvalue weighted by atomic mass is 9.98. The minimum absolute atomic E-state index is 0.0485. The van der Waals surface area contributed by atoms with E-state index in [1.165, 1.54) is 22.8 Å².